The molecule has 154 valence electrons. The van der Waals surface area contributed by atoms with Gasteiger partial charge in [-0.15, -0.1) is 0 Å². The molecule has 0 bridgehead atoms. The molecule has 0 saturated heterocycles. The molecular weight excluding hydrogens is 447 g/mol. The summed E-state index contributed by atoms with van der Waals surface area (Å²) in [4.78, 5) is 20.3. The first-order valence-corrected chi connectivity index (χ1v) is 10.2. The van der Waals surface area contributed by atoms with Crippen LogP contribution in [0.2, 0.25) is 15.1 Å². The van der Waals surface area contributed by atoms with Gasteiger partial charge in [0.25, 0.3) is 5.56 Å². The lowest BCUT2D eigenvalue weighted by Crippen LogP contribution is -2.13. The van der Waals surface area contributed by atoms with E-state index in [9.17, 15) is 4.79 Å². The number of methoxy groups -OCH3 is 1. The lowest BCUT2D eigenvalue weighted by atomic mass is 10.1. The van der Waals surface area contributed by atoms with Gasteiger partial charge in [-0.2, -0.15) is 5.10 Å². The number of halogens is 3. The van der Waals surface area contributed by atoms with E-state index in [1.807, 2.05) is 25.1 Å². The van der Waals surface area contributed by atoms with Crippen molar-refractivity contribution in [3.8, 4) is 11.4 Å². The average Bonchev–Trinajstić information content (AvgIpc) is 2.99. The standard InChI is InChI=1S/C21H17Cl3N4O2/c1-10-4-5-12(6-16(10)30-3)7-17-25-20-18(21(29)26-17)11(2)27-28(20)19-14(23)8-13(22)9-15(19)24/h4-6,8-9H,7H2,1-3H3,(H,25,26,29). The van der Waals surface area contributed by atoms with Crippen molar-refractivity contribution in [2.24, 2.45) is 0 Å². The summed E-state index contributed by atoms with van der Waals surface area (Å²) in [6.45, 7) is 3.70. The second kappa shape index (κ2) is 7.95. The van der Waals surface area contributed by atoms with Crippen molar-refractivity contribution in [2.45, 2.75) is 20.3 Å². The van der Waals surface area contributed by atoms with Crippen molar-refractivity contribution in [3.05, 3.63) is 78.4 Å². The number of aryl methyl sites for hydroxylation is 2. The zero-order chi connectivity index (χ0) is 21.6. The third kappa shape index (κ3) is 3.67. The molecule has 4 rings (SSSR count). The van der Waals surface area contributed by atoms with Crippen LogP contribution >= 0.6 is 34.8 Å². The molecule has 0 aliphatic rings. The number of H-pyrrole nitrogens is 1. The second-order valence-electron chi connectivity index (χ2n) is 6.91. The molecule has 2 aromatic carbocycles. The average molecular weight is 464 g/mol. The van der Waals surface area contributed by atoms with Gasteiger partial charge < -0.3 is 9.72 Å². The van der Waals surface area contributed by atoms with Crippen LogP contribution in [0.5, 0.6) is 5.75 Å². The molecule has 0 aliphatic heterocycles. The maximum absolute atomic E-state index is 12.8. The molecular formula is C21H17Cl3N4O2. The van der Waals surface area contributed by atoms with Gasteiger partial charge in [0, 0.05) is 11.4 Å². The number of hydrogen-bond acceptors (Lipinski definition) is 4. The van der Waals surface area contributed by atoms with Gasteiger partial charge in [0.05, 0.1) is 22.8 Å². The van der Waals surface area contributed by atoms with Crippen molar-refractivity contribution < 1.29 is 4.74 Å². The third-order valence-electron chi connectivity index (χ3n) is 4.80. The highest BCUT2D eigenvalue weighted by Crippen LogP contribution is 2.33. The highest BCUT2D eigenvalue weighted by Gasteiger charge is 2.20. The molecule has 9 heteroatoms. The molecule has 0 saturated carbocycles. The van der Waals surface area contributed by atoms with Crippen LogP contribution in [0.1, 0.15) is 22.6 Å². The van der Waals surface area contributed by atoms with E-state index in [1.54, 1.807) is 26.2 Å². The summed E-state index contributed by atoms with van der Waals surface area (Å²) in [5.74, 6) is 1.26. The van der Waals surface area contributed by atoms with Crippen LogP contribution in [0.3, 0.4) is 0 Å². The van der Waals surface area contributed by atoms with Gasteiger partial charge in [0.15, 0.2) is 5.65 Å². The Balaban J connectivity index is 1.88. The van der Waals surface area contributed by atoms with E-state index in [0.29, 0.717) is 49.7 Å². The molecule has 6 nitrogen and oxygen atoms in total. The Bertz CT molecular complexity index is 1320. The van der Waals surface area contributed by atoms with E-state index < -0.39 is 0 Å². The Hall–Kier alpha value is -2.54. The fourth-order valence-electron chi connectivity index (χ4n) is 3.38. The minimum atomic E-state index is -0.279. The summed E-state index contributed by atoms with van der Waals surface area (Å²) in [7, 11) is 1.62. The molecule has 2 aromatic heterocycles. The number of nitrogens with one attached hydrogen (secondary N) is 1. The normalized spacial score (nSPS) is 11.3. The molecule has 0 atom stereocenters. The number of aromatic amines is 1. The zero-order valence-corrected chi connectivity index (χ0v) is 18.7. The number of ether oxygens (including phenoxy) is 1. The highest BCUT2D eigenvalue weighted by atomic mass is 35.5. The van der Waals surface area contributed by atoms with Gasteiger partial charge in [-0.25, -0.2) is 9.67 Å². The van der Waals surface area contributed by atoms with Crippen molar-refractivity contribution in [2.75, 3.05) is 7.11 Å². The Kier molecular flexibility index (Phi) is 5.49. The first kappa shape index (κ1) is 20.7. The lowest BCUT2D eigenvalue weighted by Gasteiger charge is -2.10. The van der Waals surface area contributed by atoms with Crippen LogP contribution < -0.4 is 10.3 Å². The maximum atomic E-state index is 12.8. The fraction of sp³-hybridized carbons (Fsp3) is 0.190. The predicted octanol–water partition coefficient (Wildman–Crippen LogP) is 5.29. The van der Waals surface area contributed by atoms with Crippen LogP contribution in [0.25, 0.3) is 16.7 Å². The van der Waals surface area contributed by atoms with Crippen molar-refractivity contribution in [1.29, 1.82) is 0 Å². The number of rotatable bonds is 4. The number of fused-ring (bicyclic) bond motifs is 1. The molecule has 4 aromatic rings. The van der Waals surface area contributed by atoms with Crippen molar-refractivity contribution in [3.63, 3.8) is 0 Å². The molecule has 0 aliphatic carbocycles. The minimum absolute atomic E-state index is 0.279. The van der Waals surface area contributed by atoms with Crippen molar-refractivity contribution in [1.82, 2.24) is 19.7 Å². The van der Waals surface area contributed by atoms with E-state index in [0.717, 1.165) is 16.9 Å². The third-order valence-corrected chi connectivity index (χ3v) is 5.59. The summed E-state index contributed by atoms with van der Waals surface area (Å²) in [5, 5.41) is 5.86. The Morgan fingerprint density at radius 2 is 1.80 bits per heavy atom. The Morgan fingerprint density at radius 1 is 1.10 bits per heavy atom. The van der Waals surface area contributed by atoms with Crippen LogP contribution in [-0.2, 0) is 6.42 Å². The Morgan fingerprint density at radius 3 is 2.47 bits per heavy atom. The Labute approximate surface area is 187 Å². The van der Waals surface area contributed by atoms with Gasteiger partial charge in [0.2, 0.25) is 0 Å². The molecule has 30 heavy (non-hydrogen) atoms. The number of benzene rings is 2. The second-order valence-corrected chi connectivity index (χ2v) is 8.16. The van der Waals surface area contributed by atoms with E-state index in [-0.39, 0.29) is 5.56 Å². The lowest BCUT2D eigenvalue weighted by molar-refractivity contribution is 0.411. The molecule has 0 radical (unpaired) electrons. The minimum Gasteiger partial charge on any atom is -0.496 e. The van der Waals surface area contributed by atoms with Gasteiger partial charge in [0.1, 0.15) is 22.6 Å². The SMILES string of the molecule is COc1cc(Cc2nc3c(c(C)nn3-c3c(Cl)cc(Cl)cc3Cl)c(=O)[nH]2)ccc1C. The topological polar surface area (TPSA) is 72.8 Å². The van der Waals surface area contributed by atoms with Crippen molar-refractivity contribution >= 4 is 45.8 Å². The zero-order valence-electron chi connectivity index (χ0n) is 16.4. The van der Waals surface area contributed by atoms with Crippen LogP contribution in [0, 0.1) is 13.8 Å². The largest absolute Gasteiger partial charge is 0.496 e. The van der Waals surface area contributed by atoms with Crippen LogP contribution in [0.4, 0.5) is 0 Å². The van der Waals surface area contributed by atoms with Gasteiger partial charge in [-0.05, 0) is 43.2 Å². The molecule has 0 fully saturated rings. The number of hydrogen-bond donors (Lipinski definition) is 1. The fourth-order valence-corrected chi connectivity index (χ4v) is 4.35. The molecule has 0 unspecified atom stereocenters. The highest BCUT2D eigenvalue weighted by molar-refractivity contribution is 6.40. The molecule has 0 spiro atoms. The van der Waals surface area contributed by atoms with E-state index >= 15 is 0 Å². The van der Waals surface area contributed by atoms with E-state index in [2.05, 4.69) is 15.1 Å². The molecule has 0 amide bonds. The van der Waals surface area contributed by atoms with E-state index in [4.69, 9.17) is 39.5 Å². The smallest absolute Gasteiger partial charge is 0.262 e. The van der Waals surface area contributed by atoms with E-state index in [1.165, 1.54) is 4.68 Å². The number of nitrogens with zero attached hydrogens (tertiary/aromatic N) is 3. The number of aromatic nitrogens is 4. The quantitative estimate of drug-likeness (QED) is 0.446. The summed E-state index contributed by atoms with van der Waals surface area (Å²) in [6, 6.07) is 9.00. The first-order valence-electron chi connectivity index (χ1n) is 9.05. The first-order chi connectivity index (χ1) is 14.3. The van der Waals surface area contributed by atoms with Gasteiger partial charge >= 0.3 is 0 Å². The monoisotopic (exact) mass is 462 g/mol. The van der Waals surface area contributed by atoms with Crippen LogP contribution in [0.15, 0.2) is 35.1 Å². The summed E-state index contributed by atoms with van der Waals surface area (Å²) in [5.41, 5.74) is 3.01. The van der Waals surface area contributed by atoms with Gasteiger partial charge in [-0.1, -0.05) is 46.9 Å². The maximum Gasteiger partial charge on any atom is 0.262 e. The van der Waals surface area contributed by atoms with Crippen LogP contribution in [-0.4, -0.2) is 26.9 Å². The molecule has 2 heterocycles. The molecule has 1 N–H and O–H groups in total. The predicted molar refractivity (Wildman–Crippen MR) is 120 cm³/mol. The summed E-state index contributed by atoms with van der Waals surface area (Å²) >= 11 is 18.8. The van der Waals surface area contributed by atoms with Gasteiger partial charge in [-0.3, -0.25) is 4.79 Å². The summed E-state index contributed by atoms with van der Waals surface area (Å²) in [6.07, 6.45) is 0.411. The summed E-state index contributed by atoms with van der Waals surface area (Å²) < 4.78 is 6.87.